The first-order valence-electron chi connectivity index (χ1n) is 9.01. The zero-order valence-corrected chi connectivity index (χ0v) is 15.2. The first kappa shape index (κ1) is 17.1. The molecule has 0 unspecified atom stereocenters. The third-order valence-corrected chi connectivity index (χ3v) is 5.54. The molecular formula is C18H29N5O. The Hall–Kier alpha value is -1.69. The number of hydrogen-bond acceptors (Lipinski definition) is 5. The van der Waals surface area contributed by atoms with Crippen LogP contribution in [0.15, 0.2) is 0 Å². The molecule has 2 fully saturated rings. The summed E-state index contributed by atoms with van der Waals surface area (Å²) in [5, 5.41) is 3.08. The molecule has 0 spiro atoms. The maximum absolute atomic E-state index is 12.5. The largest absolute Gasteiger partial charge is 0.355 e. The van der Waals surface area contributed by atoms with Crippen molar-refractivity contribution in [2.45, 2.75) is 59.0 Å². The van der Waals surface area contributed by atoms with Crippen LogP contribution in [-0.4, -0.2) is 41.0 Å². The Morgan fingerprint density at radius 1 is 1.29 bits per heavy atom. The van der Waals surface area contributed by atoms with Crippen LogP contribution in [0.5, 0.6) is 0 Å². The second-order valence-electron chi connectivity index (χ2n) is 7.72. The maximum atomic E-state index is 12.5. The first-order chi connectivity index (χ1) is 11.3. The van der Waals surface area contributed by atoms with Crippen molar-refractivity contribution >= 4 is 11.7 Å². The number of nitrogens with two attached hydrogens (primary N) is 1. The molecule has 1 amide bonds. The van der Waals surface area contributed by atoms with E-state index in [1.807, 2.05) is 13.8 Å². The van der Waals surface area contributed by atoms with Gasteiger partial charge in [-0.2, -0.15) is 0 Å². The molecule has 1 aromatic heterocycles. The van der Waals surface area contributed by atoms with Gasteiger partial charge in [-0.25, -0.2) is 9.97 Å². The van der Waals surface area contributed by atoms with Gasteiger partial charge in [0.2, 0.25) is 5.82 Å². The summed E-state index contributed by atoms with van der Waals surface area (Å²) < 4.78 is 0. The standard InChI is InChI=1S/C18H29N5O/c1-10(2)13-7-15(8-13)21-18(24)16-20-12(4)11(3)17(22-16)23-6-5-14(19)9-23/h10,13-15H,5-9,19H2,1-4H3,(H,21,24)/t13?,14-,15?/m1/s1. The lowest BCUT2D eigenvalue weighted by Crippen LogP contribution is -2.46. The molecule has 24 heavy (non-hydrogen) atoms. The van der Waals surface area contributed by atoms with Gasteiger partial charge in [-0.1, -0.05) is 13.8 Å². The van der Waals surface area contributed by atoms with E-state index in [2.05, 4.69) is 34.0 Å². The maximum Gasteiger partial charge on any atom is 0.289 e. The van der Waals surface area contributed by atoms with Crippen molar-refractivity contribution in [3.63, 3.8) is 0 Å². The fourth-order valence-corrected chi connectivity index (χ4v) is 3.58. The van der Waals surface area contributed by atoms with E-state index in [-0.39, 0.29) is 23.8 Å². The van der Waals surface area contributed by atoms with E-state index in [0.717, 1.165) is 55.3 Å². The highest BCUT2D eigenvalue weighted by atomic mass is 16.2. The summed E-state index contributed by atoms with van der Waals surface area (Å²) in [5.74, 6) is 2.38. The molecule has 1 aromatic rings. The molecule has 6 heteroatoms. The lowest BCUT2D eigenvalue weighted by molar-refractivity contribution is 0.0852. The minimum atomic E-state index is -0.157. The Morgan fingerprint density at radius 3 is 2.58 bits per heavy atom. The number of carbonyl (C=O) groups excluding carboxylic acids is 1. The Morgan fingerprint density at radius 2 is 2.00 bits per heavy atom. The van der Waals surface area contributed by atoms with E-state index < -0.39 is 0 Å². The summed E-state index contributed by atoms with van der Waals surface area (Å²) in [5.41, 5.74) is 7.91. The molecule has 1 atom stereocenters. The number of carbonyl (C=O) groups is 1. The van der Waals surface area contributed by atoms with Crippen molar-refractivity contribution in [2.75, 3.05) is 18.0 Å². The van der Waals surface area contributed by atoms with Gasteiger partial charge >= 0.3 is 0 Å². The second-order valence-corrected chi connectivity index (χ2v) is 7.72. The predicted molar refractivity (Wildman–Crippen MR) is 95.1 cm³/mol. The van der Waals surface area contributed by atoms with E-state index in [1.165, 1.54) is 0 Å². The zero-order valence-electron chi connectivity index (χ0n) is 15.2. The van der Waals surface area contributed by atoms with Gasteiger partial charge in [0, 0.05) is 36.4 Å². The van der Waals surface area contributed by atoms with Crippen molar-refractivity contribution < 1.29 is 4.79 Å². The normalized spacial score (nSPS) is 26.6. The van der Waals surface area contributed by atoms with Crippen LogP contribution in [0.25, 0.3) is 0 Å². The molecule has 3 rings (SSSR count). The lowest BCUT2D eigenvalue weighted by Gasteiger charge is -2.38. The average Bonchev–Trinajstić information content (AvgIpc) is 2.90. The Kier molecular flexibility index (Phi) is 4.76. The highest BCUT2D eigenvalue weighted by Crippen LogP contribution is 2.33. The van der Waals surface area contributed by atoms with E-state index in [1.54, 1.807) is 0 Å². The Bertz CT molecular complexity index is 624. The van der Waals surface area contributed by atoms with Gasteiger partial charge in [0.25, 0.3) is 5.91 Å². The predicted octanol–water partition coefficient (Wildman–Crippen LogP) is 1.80. The van der Waals surface area contributed by atoms with Gasteiger partial charge in [0.15, 0.2) is 0 Å². The molecular weight excluding hydrogens is 302 g/mol. The van der Waals surface area contributed by atoms with Crippen molar-refractivity contribution in [2.24, 2.45) is 17.6 Å². The van der Waals surface area contributed by atoms with Crippen LogP contribution in [-0.2, 0) is 0 Å². The van der Waals surface area contributed by atoms with Crippen LogP contribution < -0.4 is 16.0 Å². The summed E-state index contributed by atoms with van der Waals surface area (Å²) in [4.78, 5) is 23.7. The van der Waals surface area contributed by atoms with Crippen LogP contribution in [0.4, 0.5) is 5.82 Å². The van der Waals surface area contributed by atoms with E-state index in [0.29, 0.717) is 5.92 Å². The van der Waals surface area contributed by atoms with Gasteiger partial charge < -0.3 is 16.0 Å². The highest BCUT2D eigenvalue weighted by molar-refractivity contribution is 5.91. The van der Waals surface area contributed by atoms with Crippen LogP contribution in [0.1, 0.15) is 55.0 Å². The SMILES string of the molecule is Cc1nc(C(=O)NC2CC(C(C)C)C2)nc(N2CC[C@@H](N)C2)c1C. The zero-order chi connectivity index (χ0) is 17.4. The fourth-order valence-electron chi connectivity index (χ4n) is 3.58. The van der Waals surface area contributed by atoms with E-state index >= 15 is 0 Å². The summed E-state index contributed by atoms with van der Waals surface area (Å²) in [6.07, 6.45) is 3.08. The van der Waals surface area contributed by atoms with Gasteiger partial charge in [0.1, 0.15) is 5.82 Å². The van der Waals surface area contributed by atoms with Crippen molar-refractivity contribution in [3.05, 3.63) is 17.1 Å². The minimum absolute atomic E-state index is 0.157. The number of aromatic nitrogens is 2. The molecule has 0 aromatic carbocycles. The quantitative estimate of drug-likeness (QED) is 0.879. The topological polar surface area (TPSA) is 84.1 Å². The van der Waals surface area contributed by atoms with Gasteiger partial charge in [-0.15, -0.1) is 0 Å². The summed E-state index contributed by atoms with van der Waals surface area (Å²) >= 11 is 0. The number of aryl methyl sites for hydroxylation is 1. The molecule has 2 aliphatic rings. The fraction of sp³-hybridized carbons (Fsp3) is 0.722. The molecule has 2 heterocycles. The minimum Gasteiger partial charge on any atom is -0.355 e. The molecule has 6 nitrogen and oxygen atoms in total. The number of amides is 1. The molecule has 132 valence electrons. The number of hydrogen-bond donors (Lipinski definition) is 2. The number of nitrogens with one attached hydrogen (secondary N) is 1. The average molecular weight is 331 g/mol. The molecule has 1 saturated heterocycles. The highest BCUT2D eigenvalue weighted by Gasteiger charge is 2.33. The molecule has 0 bridgehead atoms. The molecule has 1 aliphatic heterocycles. The smallest absolute Gasteiger partial charge is 0.289 e. The molecule has 0 radical (unpaired) electrons. The van der Waals surface area contributed by atoms with Crippen molar-refractivity contribution in [1.82, 2.24) is 15.3 Å². The lowest BCUT2D eigenvalue weighted by atomic mass is 9.73. The number of rotatable bonds is 4. The third-order valence-electron chi connectivity index (χ3n) is 5.54. The first-order valence-corrected chi connectivity index (χ1v) is 9.01. The van der Waals surface area contributed by atoms with Crippen molar-refractivity contribution in [3.8, 4) is 0 Å². The number of nitrogens with zero attached hydrogens (tertiary/aromatic N) is 3. The van der Waals surface area contributed by atoms with Gasteiger partial charge in [0.05, 0.1) is 0 Å². The third kappa shape index (κ3) is 3.38. The molecule has 1 aliphatic carbocycles. The van der Waals surface area contributed by atoms with E-state index in [9.17, 15) is 4.79 Å². The van der Waals surface area contributed by atoms with Gasteiger partial charge in [-0.05, 0) is 44.9 Å². The van der Waals surface area contributed by atoms with E-state index in [4.69, 9.17) is 5.73 Å². The monoisotopic (exact) mass is 331 g/mol. The van der Waals surface area contributed by atoms with Crippen LogP contribution in [0.2, 0.25) is 0 Å². The Balaban J connectivity index is 1.71. The van der Waals surface area contributed by atoms with Crippen LogP contribution in [0.3, 0.4) is 0 Å². The van der Waals surface area contributed by atoms with Crippen molar-refractivity contribution in [1.29, 1.82) is 0 Å². The second kappa shape index (κ2) is 6.67. The number of anilines is 1. The van der Waals surface area contributed by atoms with Crippen LogP contribution >= 0.6 is 0 Å². The molecule has 1 saturated carbocycles. The van der Waals surface area contributed by atoms with Gasteiger partial charge in [-0.3, -0.25) is 4.79 Å². The van der Waals surface area contributed by atoms with Crippen LogP contribution in [0, 0.1) is 25.7 Å². The Labute approximate surface area is 144 Å². The summed E-state index contributed by atoms with van der Waals surface area (Å²) in [6.45, 7) is 10.1. The summed E-state index contributed by atoms with van der Waals surface area (Å²) in [6, 6.07) is 0.443. The molecule has 3 N–H and O–H groups in total. The summed E-state index contributed by atoms with van der Waals surface area (Å²) in [7, 11) is 0.